The van der Waals surface area contributed by atoms with Crippen molar-refractivity contribution in [3.8, 4) is 0 Å². The van der Waals surface area contributed by atoms with Crippen LogP contribution in [0.3, 0.4) is 0 Å². The maximum Gasteiger partial charge on any atom is 0.0340 e. The smallest absolute Gasteiger partial charge is 0.0340 e. The van der Waals surface area contributed by atoms with Crippen LogP contribution in [-0.4, -0.2) is 8.80 Å². The molecule has 1 aromatic carbocycles. The average molecular weight is 163 g/mol. The Labute approximate surface area is 70.9 Å². The summed E-state index contributed by atoms with van der Waals surface area (Å²) in [4.78, 5) is 0. The Balaban J connectivity index is 2.39. The van der Waals surface area contributed by atoms with E-state index in [9.17, 15) is 0 Å². The average Bonchev–Trinajstić information content (AvgIpc) is 2.03. The SMILES string of the molecule is C[SiH](C)[CH]Cc1ccccc1. The van der Waals surface area contributed by atoms with Crippen molar-refractivity contribution in [2.24, 2.45) is 0 Å². The fourth-order valence-corrected chi connectivity index (χ4v) is 1.73. The lowest BCUT2D eigenvalue weighted by molar-refractivity contribution is 1.23. The van der Waals surface area contributed by atoms with E-state index in [1.54, 1.807) is 0 Å². The minimum Gasteiger partial charge on any atom is -0.0720 e. The lowest BCUT2D eigenvalue weighted by atomic mass is 10.2. The van der Waals surface area contributed by atoms with Crippen LogP contribution in [-0.2, 0) is 6.42 Å². The first-order valence-electron chi connectivity index (χ1n) is 4.16. The zero-order valence-corrected chi connectivity index (χ0v) is 8.40. The highest BCUT2D eigenvalue weighted by molar-refractivity contribution is 6.59. The van der Waals surface area contributed by atoms with Gasteiger partial charge in [0.2, 0.25) is 0 Å². The first-order valence-corrected chi connectivity index (χ1v) is 7.14. The van der Waals surface area contributed by atoms with Gasteiger partial charge in [0, 0.05) is 8.80 Å². The van der Waals surface area contributed by atoms with Gasteiger partial charge >= 0.3 is 0 Å². The Morgan fingerprint density at radius 2 is 1.82 bits per heavy atom. The minimum absolute atomic E-state index is 0.465. The van der Waals surface area contributed by atoms with Crippen LogP contribution in [0.1, 0.15) is 5.56 Å². The van der Waals surface area contributed by atoms with Gasteiger partial charge in [-0.1, -0.05) is 43.4 Å². The number of benzene rings is 1. The van der Waals surface area contributed by atoms with Crippen LogP contribution < -0.4 is 0 Å². The highest BCUT2D eigenvalue weighted by Crippen LogP contribution is 2.02. The highest BCUT2D eigenvalue weighted by atomic mass is 28.3. The first kappa shape index (κ1) is 8.53. The zero-order chi connectivity index (χ0) is 8.10. The summed E-state index contributed by atoms with van der Waals surface area (Å²) < 4.78 is 0. The molecule has 1 radical (unpaired) electrons. The summed E-state index contributed by atoms with van der Waals surface area (Å²) in [6.07, 6.45) is 1.16. The van der Waals surface area contributed by atoms with Gasteiger partial charge in [-0.2, -0.15) is 0 Å². The van der Waals surface area contributed by atoms with Crippen LogP contribution in [0.4, 0.5) is 0 Å². The molecule has 0 aliphatic carbocycles. The summed E-state index contributed by atoms with van der Waals surface area (Å²) in [7, 11) is -0.465. The number of hydrogen-bond acceptors (Lipinski definition) is 0. The third-order valence-electron chi connectivity index (χ3n) is 1.67. The van der Waals surface area contributed by atoms with Gasteiger partial charge in [0.1, 0.15) is 0 Å². The topological polar surface area (TPSA) is 0 Å². The number of hydrogen-bond donors (Lipinski definition) is 0. The van der Waals surface area contributed by atoms with Crippen LogP contribution in [0.2, 0.25) is 13.1 Å². The van der Waals surface area contributed by atoms with E-state index in [2.05, 4.69) is 49.5 Å². The predicted octanol–water partition coefficient (Wildman–Crippen LogP) is 2.46. The molecule has 0 atom stereocenters. The Bertz CT molecular complexity index is 191. The van der Waals surface area contributed by atoms with E-state index in [0.717, 1.165) is 6.42 Å². The maximum absolute atomic E-state index is 2.47. The van der Waals surface area contributed by atoms with Crippen LogP contribution in [0.5, 0.6) is 0 Å². The molecule has 11 heavy (non-hydrogen) atoms. The second-order valence-electron chi connectivity index (χ2n) is 3.17. The third-order valence-corrected chi connectivity index (χ3v) is 2.85. The Kier molecular flexibility index (Phi) is 3.37. The molecule has 0 spiro atoms. The van der Waals surface area contributed by atoms with Gasteiger partial charge in [-0.05, 0) is 18.0 Å². The normalized spacial score (nSPS) is 10.5. The summed E-state index contributed by atoms with van der Waals surface area (Å²) in [5.41, 5.74) is 1.44. The fourth-order valence-electron chi connectivity index (χ4n) is 0.986. The fraction of sp³-hybridized carbons (Fsp3) is 0.300. The van der Waals surface area contributed by atoms with E-state index in [1.807, 2.05) is 0 Å². The van der Waals surface area contributed by atoms with Gasteiger partial charge in [-0.15, -0.1) is 0 Å². The van der Waals surface area contributed by atoms with E-state index in [4.69, 9.17) is 0 Å². The molecular formula is C10H15Si. The lowest BCUT2D eigenvalue weighted by Gasteiger charge is -2.01. The molecule has 0 aliphatic rings. The molecule has 0 saturated heterocycles. The molecule has 0 amide bonds. The highest BCUT2D eigenvalue weighted by Gasteiger charge is 1.96. The van der Waals surface area contributed by atoms with E-state index >= 15 is 0 Å². The lowest BCUT2D eigenvalue weighted by Crippen LogP contribution is -2.03. The number of rotatable bonds is 3. The van der Waals surface area contributed by atoms with E-state index in [-0.39, 0.29) is 0 Å². The molecule has 59 valence electrons. The van der Waals surface area contributed by atoms with Gasteiger partial charge in [-0.3, -0.25) is 0 Å². The van der Waals surface area contributed by atoms with Crippen molar-refractivity contribution >= 4 is 8.80 Å². The van der Waals surface area contributed by atoms with Crippen LogP contribution >= 0.6 is 0 Å². The van der Waals surface area contributed by atoms with Crippen molar-refractivity contribution in [1.82, 2.24) is 0 Å². The van der Waals surface area contributed by atoms with E-state index in [0.29, 0.717) is 0 Å². The van der Waals surface area contributed by atoms with Crippen molar-refractivity contribution in [2.45, 2.75) is 19.5 Å². The van der Waals surface area contributed by atoms with Gasteiger partial charge < -0.3 is 0 Å². The van der Waals surface area contributed by atoms with Gasteiger partial charge in [0.15, 0.2) is 0 Å². The third kappa shape index (κ3) is 3.37. The second-order valence-corrected chi connectivity index (χ2v) is 6.13. The van der Waals surface area contributed by atoms with Crippen molar-refractivity contribution in [3.63, 3.8) is 0 Å². The Hall–Kier alpha value is -0.563. The molecule has 0 aliphatic heterocycles. The van der Waals surface area contributed by atoms with Crippen molar-refractivity contribution in [2.75, 3.05) is 0 Å². The minimum atomic E-state index is -0.465. The van der Waals surface area contributed by atoms with Gasteiger partial charge in [0.05, 0.1) is 0 Å². The van der Waals surface area contributed by atoms with Crippen LogP contribution in [0, 0.1) is 6.04 Å². The molecule has 0 fully saturated rings. The summed E-state index contributed by atoms with van der Waals surface area (Å²) in [6, 6.07) is 13.1. The molecule has 0 unspecified atom stereocenters. The van der Waals surface area contributed by atoms with Crippen molar-refractivity contribution in [3.05, 3.63) is 41.9 Å². The maximum atomic E-state index is 2.47. The van der Waals surface area contributed by atoms with Gasteiger partial charge in [0.25, 0.3) is 0 Å². The van der Waals surface area contributed by atoms with E-state index in [1.165, 1.54) is 5.56 Å². The summed E-state index contributed by atoms with van der Waals surface area (Å²) in [5, 5.41) is 0. The molecule has 0 N–H and O–H groups in total. The van der Waals surface area contributed by atoms with Crippen LogP contribution in [0.15, 0.2) is 30.3 Å². The molecule has 0 nitrogen and oxygen atoms in total. The first-order chi connectivity index (χ1) is 5.29. The Morgan fingerprint density at radius 1 is 1.18 bits per heavy atom. The van der Waals surface area contributed by atoms with Crippen LogP contribution in [0.25, 0.3) is 0 Å². The Morgan fingerprint density at radius 3 is 2.36 bits per heavy atom. The predicted molar refractivity (Wildman–Crippen MR) is 53.3 cm³/mol. The van der Waals surface area contributed by atoms with Gasteiger partial charge in [-0.25, -0.2) is 0 Å². The molecule has 0 bridgehead atoms. The molecule has 1 heteroatoms. The second kappa shape index (κ2) is 4.34. The van der Waals surface area contributed by atoms with E-state index < -0.39 is 8.80 Å². The van der Waals surface area contributed by atoms with Crippen molar-refractivity contribution < 1.29 is 0 Å². The summed E-state index contributed by atoms with van der Waals surface area (Å²) >= 11 is 0. The zero-order valence-electron chi connectivity index (χ0n) is 7.25. The quantitative estimate of drug-likeness (QED) is 0.600. The molecule has 0 saturated carbocycles. The molecule has 1 aromatic rings. The summed E-state index contributed by atoms with van der Waals surface area (Å²) in [6.45, 7) is 4.70. The monoisotopic (exact) mass is 163 g/mol. The van der Waals surface area contributed by atoms with Crippen molar-refractivity contribution in [1.29, 1.82) is 0 Å². The molecule has 0 aromatic heterocycles. The molecule has 1 rings (SSSR count). The summed E-state index contributed by atoms with van der Waals surface area (Å²) in [5.74, 6) is 0. The largest absolute Gasteiger partial charge is 0.0720 e. The molecule has 0 heterocycles. The molecular weight excluding hydrogens is 148 g/mol. The standard InChI is InChI=1S/C10H15Si/c1-11(2)9-8-10-6-4-3-5-7-10/h3-7,9,11H,8H2,1-2H3.